The monoisotopic (exact) mass is 421 g/mol. The number of hydrogen-bond donors (Lipinski definition) is 0. The zero-order chi connectivity index (χ0) is 21.2. The summed E-state index contributed by atoms with van der Waals surface area (Å²) in [7, 11) is 0. The van der Waals surface area contributed by atoms with Gasteiger partial charge in [0.1, 0.15) is 11.5 Å². The van der Waals surface area contributed by atoms with E-state index in [-0.39, 0.29) is 12.2 Å². The molecule has 2 aromatic heterocycles. The molecule has 12 heteroatoms. The molecule has 0 bridgehead atoms. The second kappa shape index (κ2) is 7.76. The first-order chi connectivity index (χ1) is 13.5. The summed E-state index contributed by atoms with van der Waals surface area (Å²) >= 11 is 0. The fourth-order valence-corrected chi connectivity index (χ4v) is 2.43. The van der Waals surface area contributed by atoms with E-state index in [0.717, 1.165) is 12.1 Å². The average Bonchev–Trinajstić information content (AvgIpc) is 3.27. The van der Waals surface area contributed by atoms with Crippen LogP contribution in [0.25, 0.3) is 11.4 Å². The minimum absolute atomic E-state index is 0.0391. The van der Waals surface area contributed by atoms with Gasteiger partial charge in [0.25, 0.3) is 0 Å². The van der Waals surface area contributed by atoms with Gasteiger partial charge in [0.15, 0.2) is 0 Å². The molecule has 0 N–H and O–H groups in total. The molecule has 0 atom stereocenters. The van der Waals surface area contributed by atoms with Crippen molar-refractivity contribution in [3.05, 3.63) is 47.2 Å². The van der Waals surface area contributed by atoms with E-state index in [4.69, 9.17) is 9.26 Å². The molecular formula is C17H13F6N3O3. The topological polar surface area (TPSA) is 74.2 Å². The maximum Gasteiger partial charge on any atom is 0.471 e. The molecule has 0 aliphatic rings. The molecule has 0 fully saturated rings. The van der Waals surface area contributed by atoms with Crippen LogP contribution in [-0.4, -0.2) is 21.9 Å². The normalized spacial score (nSPS) is 12.4. The summed E-state index contributed by atoms with van der Waals surface area (Å²) in [5.41, 5.74) is -0.768. The van der Waals surface area contributed by atoms with Gasteiger partial charge in [-0.3, -0.25) is 0 Å². The van der Waals surface area contributed by atoms with Gasteiger partial charge in [0.05, 0.1) is 17.9 Å². The molecule has 156 valence electrons. The number of nitrogens with zero attached hydrogens (tertiary/aromatic N) is 3. The van der Waals surface area contributed by atoms with Crippen LogP contribution >= 0.6 is 0 Å². The minimum atomic E-state index is -4.90. The molecule has 0 aliphatic carbocycles. The fourth-order valence-electron chi connectivity index (χ4n) is 2.43. The van der Waals surface area contributed by atoms with Gasteiger partial charge >= 0.3 is 18.2 Å². The minimum Gasteiger partial charge on any atom is -0.493 e. The van der Waals surface area contributed by atoms with E-state index >= 15 is 0 Å². The van der Waals surface area contributed by atoms with Gasteiger partial charge in [0.2, 0.25) is 5.82 Å². The number of rotatable bonds is 6. The number of halogens is 6. The second-order valence-corrected chi connectivity index (χ2v) is 6.02. The lowest BCUT2D eigenvalue weighted by atomic mass is 10.1. The highest BCUT2D eigenvalue weighted by molar-refractivity contribution is 5.59. The van der Waals surface area contributed by atoms with Crippen molar-refractivity contribution in [1.82, 2.24) is 15.3 Å². The summed E-state index contributed by atoms with van der Waals surface area (Å²) in [6.45, 7) is 1.70. The number of ether oxygens (including phenoxy) is 1. The predicted molar refractivity (Wildman–Crippen MR) is 84.8 cm³/mol. The number of aromatic nitrogens is 3. The Morgan fingerprint density at radius 3 is 2.31 bits per heavy atom. The van der Waals surface area contributed by atoms with Gasteiger partial charge in [-0.2, -0.15) is 31.3 Å². The predicted octanol–water partition coefficient (Wildman–Crippen LogP) is 5.08. The quantitative estimate of drug-likeness (QED) is 0.408. The van der Waals surface area contributed by atoms with Gasteiger partial charge in [-0.05, 0) is 31.5 Å². The van der Waals surface area contributed by atoms with Crippen molar-refractivity contribution in [2.24, 2.45) is 0 Å². The largest absolute Gasteiger partial charge is 0.493 e. The maximum atomic E-state index is 13.4. The van der Waals surface area contributed by atoms with Gasteiger partial charge < -0.3 is 13.8 Å². The van der Waals surface area contributed by atoms with Crippen molar-refractivity contribution in [1.29, 1.82) is 0 Å². The molecule has 0 aliphatic heterocycles. The first-order valence-corrected chi connectivity index (χ1v) is 8.21. The van der Waals surface area contributed by atoms with Crippen LogP contribution in [0.3, 0.4) is 0 Å². The molecule has 0 amide bonds. The number of hydrogen-bond acceptors (Lipinski definition) is 6. The molecule has 29 heavy (non-hydrogen) atoms. The summed E-state index contributed by atoms with van der Waals surface area (Å²) in [5.74, 6) is -2.15. The van der Waals surface area contributed by atoms with E-state index in [1.165, 1.54) is 0 Å². The van der Waals surface area contributed by atoms with E-state index in [1.54, 1.807) is 13.0 Å². The first-order valence-electron chi connectivity index (χ1n) is 8.21. The van der Waals surface area contributed by atoms with E-state index in [9.17, 15) is 26.3 Å². The molecule has 0 saturated heterocycles. The van der Waals surface area contributed by atoms with E-state index < -0.39 is 35.4 Å². The van der Waals surface area contributed by atoms with Gasteiger partial charge in [0, 0.05) is 18.1 Å². The molecule has 3 rings (SSSR count). The molecule has 0 radical (unpaired) electrons. The molecule has 6 nitrogen and oxygen atoms in total. The zero-order valence-corrected chi connectivity index (χ0v) is 14.8. The molecule has 0 spiro atoms. The summed E-state index contributed by atoms with van der Waals surface area (Å²) in [5, 5.41) is 6.79. The Labute approximate surface area is 159 Å². The zero-order valence-electron chi connectivity index (χ0n) is 14.8. The van der Waals surface area contributed by atoms with Crippen molar-refractivity contribution >= 4 is 0 Å². The Balaban J connectivity index is 1.75. The number of aryl methyl sites for hydroxylation is 2. The molecular weight excluding hydrogens is 408 g/mol. The van der Waals surface area contributed by atoms with E-state index in [2.05, 4.69) is 19.8 Å². The lowest BCUT2D eigenvalue weighted by Crippen LogP contribution is -2.10. The van der Waals surface area contributed by atoms with Crippen LogP contribution in [-0.2, 0) is 18.8 Å². The van der Waals surface area contributed by atoms with Gasteiger partial charge in [-0.1, -0.05) is 10.3 Å². The van der Waals surface area contributed by atoms with E-state index in [1.807, 2.05) is 0 Å². The van der Waals surface area contributed by atoms with Gasteiger partial charge in [-0.25, -0.2) is 0 Å². The maximum absolute atomic E-state index is 13.4. The Hall–Kier alpha value is -3.05. The summed E-state index contributed by atoms with van der Waals surface area (Å²) in [4.78, 5) is 3.09. The van der Waals surface area contributed by atoms with Crippen molar-refractivity contribution in [2.75, 3.05) is 6.61 Å². The second-order valence-electron chi connectivity index (χ2n) is 6.02. The van der Waals surface area contributed by atoms with Crippen LogP contribution in [0.4, 0.5) is 26.3 Å². The molecule has 0 saturated carbocycles. The first kappa shape index (κ1) is 20.7. The van der Waals surface area contributed by atoms with Crippen LogP contribution in [0.2, 0.25) is 0 Å². The molecule has 2 heterocycles. The molecule has 0 unspecified atom stereocenters. The van der Waals surface area contributed by atoms with Gasteiger partial charge in [-0.15, -0.1) is 0 Å². The van der Waals surface area contributed by atoms with Crippen LogP contribution in [0, 0.1) is 6.92 Å². The summed E-state index contributed by atoms with van der Waals surface area (Å²) < 4.78 is 92.0. The Morgan fingerprint density at radius 2 is 1.72 bits per heavy atom. The highest BCUT2D eigenvalue weighted by Gasteiger charge is 2.39. The Kier molecular flexibility index (Phi) is 5.53. The van der Waals surface area contributed by atoms with Crippen molar-refractivity contribution in [3.8, 4) is 17.1 Å². The Morgan fingerprint density at radius 1 is 0.966 bits per heavy atom. The van der Waals surface area contributed by atoms with Crippen molar-refractivity contribution in [3.63, 3.8) is 0 Å². The van der Waals surface area contributed by atoms with Crippen LogP contribution < -0.4 is 4.74 Å². The van der Waals surface area contributed by atoms with Crippen LogP contribution in [0.15, 0.2) is 33.3 Å². The van der Waals surface area contributed by atoms with Crippen molar-refractivity contribution < 1.29 is 40.1 Å². The average molecular weight is 421 g/mol. The summed E-state index contributed by atoms with van der Waals surface area (Å²) in [6.07, 6.45) is -8.91. The third-order valence-electron chi connectivity index (χ3n) is 3.71. The highest BCUT2D eigenvalue weighted by Crippen LogP contribution is 2.39. The SMILES string of the molecule is Cc1cc(CCCOc2ccc(-c3noc(C(F)(F)F)n3)cc2C(F)(F)F)on1. The van der Waals surface area contributed by atoms with Crippen LogP contribution in [0.5, 0.6) is 5.75 Å². The highest BCUT2D eigenvalue weighted by atomic mass is 19.4. The lowest BCUT2D eigenvalue weighted by molar-refractivity contribution is -0.159. The molecule has 1 aromatic carbocycles. The van der Waals surface area contributed by atoms with Crippen molar-refractivity contribution in [2.45, 2.75) is 32.1 Å². The Bertz CT molecular complexity index is 977. The number of benzene rings is 1. The molecule has 3 aromatic rings. The third-order valence-corrected chi connectivity index (χ3v) is 3.71. The fraction of sp³-hybridized carbons (Fsp3) is 0.353. The van der Waals surface area contributed by atoms with E-state index in [0.29, 0.717) is 30.4 Å². The third kappa shape index (κ3) is 5.06. The number of alkyl halides is 6. The smallest absolute Gasteiger partial charge is 0.471 e. The van der Waals surface area contributed by atoms with Crippen LogP contribution in [0.1, 0.15) is 29.3 Å². The standard InChI is InChI=1S/C17H13F6N3O3/c1-9-7-11(28-25-9)3-2-6-27-13-5-4-10(8-12(13)16(18,19)20)14-24-15(29-26-14)17(21,22)23/h4-5,7-8H,2-3,6H2,1H3. The summed E-state index contributed by atoms with van der Waals surface area (Å²) in [6, 6.07) is 4.44. The lowest BCUT2D eigenvalue weighted by Gasteiger charge is -2.14.